The smallest absolute Gasteiger partial charge is 0.111 e. The molecule has 2 fully saturated rings. The molecule has 2 rings (SSSR count). The summed E-state index contributed by atoms with van der Waals surface area (Å²) in [5.74, 6) is 0. The maximum absolute atomic E-state index is 9.73. The first-order chi connectivity index (χ1) is 12.1. The molecule has 2 aliphatic rings. The molecule has 0 aromatic carbocycles. The maximum Gasteiger partial charge on any atom is 0.111 e. The molecule has 27 heavy (non-hydrogen) atoms. The van der Waals surface area contributed by atoms with E-state index in [1.165, 1.54) is 0 Å². The van der Waals surface area contributed by atoms with Crippen molar-refractivity contribution >= 4 is 0 Å². The lowest BCUT2D eigenvalue weighted by molar-refractivity contribution is -0.239. The van der Waals surface area contributed by atoms with Crippen LogP contribution < -0.4 is 0 Å². The van der Waals surface area contributed by atoms with Crippen LogP contribution in [0.4, 0.5) is 0 Å². The Bertz CT molecular complexity index is 458. The molecule has 0 bridgehead atoms. The average molecular weight is 395 g/mol. The molecular formula is C19H38O8. The van der Waals surface area contributed by atoms with E-state index in [1.807, 2.05) is 41.5 Å². The monoisotopic (exact) mass is 394 g/mol. The highest BCUT2D eigenvalue weighted by Gasteiger charge is 2.46. The van der Waals surface area contributed by atoms with E-state index >= 15 is 0 Å². The molecule has 162 valence electrons. The van der Waals surface area contributed by atoms with Crippen LogP contribution in [0.5, 0.6) is 0 Å². The first-order valence-corrected chi connectivity index (χ1v) is 9.44. The molecular weight excluding hydrogens is 356 g/mol. The molecule has 2 heterocycles. The predicted octanol–water partition coefficient (Wildman–Crippen LogP) is -0.583. The molecule has 2 saturated heterocycles. The Morgan fingerprint density at radius 2 is 1.07 bits per heavy atom. The molecule has 0 amide bonds. The Kier molecular flexibility index (Phi) is 8.24. The first kappa shape index (κ1) is 24.7. The average Bonchev–Trinajstić information content (AvgIpc) is 2.52. The van der Waals surface area contributed by atoms with Gasteiger partial charge in [-0.3, -0.25) is 0 Å². The third-order valence-electron chi connectivity index (χ3n) is 5.06. The topological polar surface area (TPSA) is 140 Å². The van der Waals surface area contributed by atoms with E-state index in [4.69, 9.17) is 9.47 Å². The molecule has 9 atom stereocenters. The first-order valence-electron chi connectivity index (χ1n) is 9.44. The minimum absolute atomic E-state index is 0.0835. The van der Waals surface area contributed by atoms with Gasteiger partial charge in [0.2, 0.25) is 0 Å². The fourth-order valence-corrected chi connectivity index (χ4v) is 3.34. The molecule has 0 aliphatic carbocycles. The summed E-state index contributed by atoms with van der Waals surface area (Å²) >= 11 is 0. The van der Waals surface area contributed by atoms with Crippen molar-refractivity contribution < 1.29 is 40.1 Å². The van der Waals surface area contributed by atoms with E-state index in [-0.39, 0.29) is 17.4 Å². The van der Waals surface area contributed by atoms with Gasteiger partial charge in [0.25, 0.3) is 0 Å². The van der Waals surface area contributed by atoms with E-state index in [0.717, 1.165) is 0 Å². The standard InChI is InChI=1S/C10H20O4.C9H18O4/c1-5-6(11)7(12)8(13)9(14-5)10(2,3)4;1-9(2,3)8-7(12)6(11)5(10)4-13-8/h5-9,11-13H,1-4H3;5-8,10-12H,4H2,1-3H3/t5-,6-,7?,8?,9+;5-,6+,7?,8-/m01/s1. The third kappa shape index (κ3) is 6.08. The van der Waals surface area contributed by atoms with Crippen molar-refractivity contribution in [2.24, 2.45) is 10.8 Å². The Hall–Kier alpha value is -0.320. The van der Waals surface area contributed by atoms with Gasteiger partial charge >= 0.3 is 0 Å². The van der Waals surface area contributed by atoms with E-state index in [2.05, 4.69) is 0 Å². The number of hydrogen-bond acceptors (Lipinski definition) is 8. The van der Waals surface area contributed by atoms with Gasteiger partial charge in [0.1, 0.15) is 36.6 Å². The SMILES string of the molecule is CC(C)(C)[C@@H]1OC[C@@H](O)[C@H](O)C1O.C[C@@H]1O[C@@H](C(C)(C)C)C(O)C(O)[C@H]1O. The highest BCUT2D eigenvalue weighted by atomic mass is 16.5. The number of aliphatic hydroxyl groups excluding tert-OH is 6. The lowest BCUT2D eigenvalue weighted by Crippen LogP contribution is -2.59. The van der Waals surface area contributed by atoms with Crippen LogP contribution in [0.3, 0.4) is 0 Å². The van der Waals surface area contributed by atoms with Crippen LogP contribution in [-0.2, 0) is 9.47 Å². The lowest BCUT2D eigenvalue weighted by Gasteiger charge is -2.44. The fourth-order valence-electron chi connectivity index (χ4n) is 3.34. The predicted molar refractivity (Wildman–Crippen MR) is 99.0 cm³/mol. The van der Waals surface area contributed by atoms with Crippen LogP contribution in [0.1, 0.15) is 48.5 Å². The highest BCUT2D eigenvalue weighted by Crippen LogP contribution is 2.33. The largest absolute Gasteiger partial charge is 0.388 e. The normalized spacial score (nSPS) is 43.7. The number of aliphatic hydroxyl groups is 6. The van der Waals surface area contributed by atoms with E-state index in [9.17, 15) is 30.6 Å². The number of ether oxygens (including phenoxy) is 2. The van der Waals surface area contributed by atoms with Crippen LogP contribution in [0.2, 0.25) is 0 Å². The molecule has 0 saturated carbocycles. The summed E-state index contributed by atoms with van der Waals surface area (Å²) in [6, 6.07) is 0. The number of rotatable bonds is 0. The quantitative estimate of drug-likeness (QED) is 0.321. The van der Waals surface area contributed by atoms with Crippen molar-refractivity contribution in [3.05, 3.63) is 0 Å². The van der Waals surface area contributed by atoms with E-state index < -0.39 is 54.9 Å². The number of hydrogen-bond donors (Lipinski definition) is 6. The van der Waals surface area contributed by atoms with Crippen LogP contribution in [0.25, 0.3) is 0 Å². The summed E-state index contributed by atoms with van der Waals surface area (Å²) in [5.41, 5.74) is -0.491. The van der Waals surface area contributed by atoms with Crippen LogP contribution in [0, 0.1) is 10.8 Å². The van der Waals surface area contributed by atoms with Crippen molar-refractivity contribution in [1.29, 1.82) is 0 Å². The molecule has 0 aromatic heterocycles. The van der Waals surface area contributed by atoms with Crippen LogP contribution >= 0.6 is 0 Å². The zero-order chi connectivity index (χ0) is 21.3. The van der Waals surface area contributed by atoms with Gasteiger partial charge in [-0.25, -0.2) is 0 Å². The van der Waals surface area contributed by atoms with Gasteiger partial charge in [-0.15, -0.1) is 0 Å². The Labute approximate surface area is 161 Å². The lowest BCUT2D eigenvalue weighted by atomic mass is 9.80. The Morgan fingerprint density at radius 1 is 0.630 bits per heavy atom. The van der Waals surface area contributed by atoms with E-state index in [0.29, 0.717) is 0 Å². The van der Waals surface area contributed by atoms with Crippen molar-refractivity contribution in [2.75, 3.05) is 6.61 Å². The van der Waals surface area contributed by atoms with Crippen molar-refractivity contribution in [1.82, 2.24) is 0 Å². The highest BCUT2D eigenvalue weighted by molar-refractivity contribution is 4.95. The van der Waals surface area contributed by atoms with Crippen molar-refractivity contribution in [2.45, 2.75) is 103 Å². The summed E-state index contributed by atoms with van der Waals surface area (Å²) in [6.07, 6.45) is -7.57. The van der Waals surface area contributed by atoms with Gasteiger partial charge in [0.05, 0.1) is 24.9 Å². The van der Waals surface area contributed by atoms with E-state index in [1.54, 1.807) is 6.92 Å². The van der Waals surface area contributed by atoms with Gasteiger partial charge in [-0.1, -0.05) is 41.5 Å². The second-order valence-electron chi connectivity index (χ2n) is 9.77. The Balaban J connectivity index is 0.000000271. The minimum atomic E-state index is -1.12. The van der Waals surface area contributed by atoms with Gasteiger partial charge < -0.3 is 40.1 Å². The Morgan fingerprint density at radius 3 is 1.52 bits per heavy atom. The molecule has 6 N–H and O–H groups in total. The molecule has 8 nitrogen and oxygen atoms in total. The molecule has 0 spiro atoms. The van der Waals surface area contributed by atoms with Crippen molar-refractivity contribution in [3.63, 3.8) is 0 Å². The molecule has 8 heteroatoms. The second kappa shape index (κ2) is 9.00. The van der Waals surface area contributed by atoms with Crippen LogP contribution in [-0.4, -0.2) is 92.2 Å². The second-order valence-corrected chi connectivity index (χ2v) is 9.77. The summed E-state index contributed by atoms with van der Waals surface area (Å²) < 4.78 is 10.8. The zero-order valence-electron chi connectivity index (χ0n) is 17.4. The molecule has 0 aromatic rings. The maximum atomic E-state index is 9.73. The van der Waals surface area contributed by atoms with Crippen LogP contribution in [0.15, 0.2) is 0 Å². The molecule has 0 radical (unpaired) electrons. The van der Waals surface area contributed by atoms with Gasteiger partial charge in [-0.2, -0.15) is 0 Å². The summed E-state index contributed by atoms with van der Waals surface area (Å²) in [7, 11) is 0. The summed E-state index contributed by atoms with van der Waals surface area (Å²) in [6.45, 7) is 13.3. The van der Waals surface area contributed by atoms with Gasteiger partial charge in [0, 0.05) is 0 Å². The van der Waals surface area contributed by atoms with Crippen molar-refractivity contribution in [3.8, 4) is 0 Å². The minimum Gasteiger partial charge on any atom is -0.388 e. The summed E-state index contributed by atoms with van der Waals surface area (Å²) in [5, 5.41) is 57.0. The molecule has 3 unspecified atom stereocenters. The molecule has 2 aliphatic heterocycles. The van der Waals surface area contributed by atoms with Gasteiger partial charge in [-0.05, 0) is 17.8 Å². The summed E-state index contributed by atoms with van der Waals surface area (Å²) in [4.78, 5) is 0. The fraction of sp³-hybridized carbons (Fsp3) is 1.00. The third-order valence-corrected chi connectivity index (χ3v) is 5.06. The van der Waals surface area contributed by atoms with Gasteiger partial charge in [0.15, 0.2) is 0 Å². The zero-order valence-corrected chi connectivity index (χ0v) is 17.4.